The molecule has 0 aliphatic rings. The lowest BCUT2D eigenvalue weighted by atomic mass is 10.2. The van der Waals surface area contributed by atoms with Crippen molar-refractivity contribution in [2.75, 3.05) is 5.32 Å². The highest BCUT2D eigenvalue weighted by Crippen LogP contribution is 2.23. The second-order valence-corrected chi connectivity index (χ2v) is 4.59. The molecular weight excluding hydrogens is 307 g/mol. The molecule has 88 valence electrons. The van der Waals surface area contributed by atoms with Gasteiger partial charge >= 0.3 is 0 Å². The lowest BCUT2D eigenvalue weighted by Crippen LogP contribution is -2.12. The second kappa shape index (κ2) is 4.85. The molecule has 0 spiro atoms. The van der Waals surface area contributed by atoms with Crippen molar-refractivity contribution in [3.05, 3.63) is 39.1 Å². The summed E-state index contributed by atoms with van der Waals surface area (Å²) >= 11 is 9.16. The number of hydrogen-bond donors (Lipinski definition) is 2. The van der Waals surface area contributed by atoms with Crippen molar-refractivity contribution < 1.29 is 4.79 Å². The van der Waals surface area contributed by atoms with E-state index in [-0.39, 0.29) is 11.9 Å². The number of carbonyl (C=O) groups excluding carboxylic acids is 1. The number of benzene rings is 1. The van der Waals surface area contributed by atoms with E-state index in [0.29, 0.717) is 16.4 Å². The molecule has 1 aromatic carbocycles. The van der Waals surface area contributed by atoms with Crippen molar-refractivity contribution in [3.8, 4) is 0 Å². The first-order valence-corrected chi connectivity index (χ1v) is 5.89. The summed E-state index contributed by atoms with van der Waals surface area (Å²) in [4.78, 5) is 15.8. The zero-order valence-electron chi connectivity index (χ0n) is 8.79. The van der Waals surface area contributed by atoms with E-state index in [2.05, 4.69) is 36.4 Å². The van der Waals surface area contributed by atoms with E-state index in [4.69, 9.17) is 11.6 Å². The van der Waals surface area contributed by atoms with Gasteiger partial charge in [0, 0.05) is 10.0 Å². The number of aromatic nitrogens is 3. The molecule has 17 heavy (non-hydrogen) atoms. The summed E-state index contributed by atoms with van der Waals surface area (Å²) in [6.07, 6.45) is 0. The molecule has 0 atom stereocenters. The molecule has 7 heteroatoms. The van der Waals surface area contributed by atoms with Gasteiger partial charge in [-0.05, 0) is 41.1 Å². The largest absolute Gasteiger partial charge is 0.289 e. The van der Waals surface area contributed by atoms with Gasteiger partial charge in [-0.3, -0.25) is 15.2 Å². The molecule has 2 aromatic rings. The Morgan fingerprint density at radius 3 is 2.88 bits per heavy atom. The van der Waals surface area contributed by atoms with E-state index in [1.54, 1.807) is 25.1 Å². The highest BCUT2D eigenvalue weighted by molar-refractivity contribution is 9.10. The summed E-state index contributed by atoms with van der Waals surface area (Å²) in [7, 11) is 0. The normalized spacial score (nSPS) is 10.3. The highest BCUT2D eigenvalue weighted by Gasteiger charge is 2.10. The van der Waals surface area contributed by atoms with Gasteiger partial charge < -0.3 is 0 Å². The SMILES string of the molecule is Cc1nc(NC(=O)c2ccc(Br)c(Cl)c2)n[nH]1. The third-order valence-electron chi connectivity index (χ3n) is 2.00. The second-order valence-electron chi connectivity index (χ2n) is 3.33. The van der Waals surface area contributed by atoms with Crippen LogP contribution in [0.5, 0.6) is 0 Å². The van der Waals surface area contributed by atoms with Crippen LogP contribution in [0.3, 0.4) is 0 Å². The first kappa shape index (κ1) is 12.1. The summed E-state index contributed by atoms with van der Waals surface area (Å²) in [5.74, 6) is 0.569. The fourth-order valence-electron chi connectivity index (χ4n) is 1.21. The molecule has 0 aliphatic heterocycles. The van der Waals surface area contributed by atoms with Gasteiger partial charge in [0.2, 0.25) is 5.95 Å². The van der Waals surface area contributed by atoms with Crippen molar-refractivity contribution in [3.63, 3.8) is 0 Å². The smallest absolute Gasteiger partial charge is 0.258 e. The zero-order chi connectivity index (χ0) is 12.4. The molecule has 1 amide bonds. The van der Waals surface area contributed by atoms with Gasteiger partial charge in [0.05, 0.1) is 5.02 Å². The molecule has 0 radical (unpaired) electrons. The number of aromatic amines is 1. The Hall–Kier alpha value is -1.40. The minimum absolute atomic E-state index is 0.242. The Morgan fingerprint density at radius 1 is 1.53 bits per heavy atom. The maximum absolute atomic E-state index is 11.8. The molecule has 0 unspecified atom stereocenters. The number of nitrogens with one attached hydrogen (secondary N) is 2. The number of H-pyrrole nitrogens is 1. The van der Waals surface area contributed by atoms with Gasteiger partial charge in [0.1, 0.15) is 5.82 Å². The summed E-state index contributed by atoms with van der Waals surface area (Å²) in [6, 6.07) is 4.94. The Bertz CT molecular complexity index is 569. The van der Waals surface area contributed by atoms with Crippen molar-refractivity contribution in [2.24, 2.45) is 0 Å². The van der Waals surface area contributed by atoms with E-state index in [1.165, 1.54) is 0 Å². The van der Waals surface area contributed by atoms with E-state index < -0.39 is 0 Å². The minimum Gasteiger partial charge on any atom is -0.289 e. The standard InChI is InChI=1S/C10H8BrClN4O/c1-5-13-10(16-15-5)14-9(17)6-2-3-7(11)8(12)4-6/h2-4H,1H3,(H2,13,14,15,16,17). The maximum atomic E-state index is 11.8. The average molecular weight is 316 g/mol. The summed E-state index contributed by atoms with van der Waals surface area (Å²) in [5.41, 5.74) is 0.445. The van der Waals surface area contributed by atoms with Crippen molar-refractivity contribution >= 4 is 39.4 Å². The van der Waals surface area contributed by atoms with Crippen LogP contribution in [0.4, 0.5) is 5.95 Å². The summed E-state index contributed by atoms with van der Waals surface area (Å²) < 4.78 is 0.740. The van der Waals surface area contributed by atoms with E-state index >= 15 is 0 Å². The molecule has 2 rings (SSSR count). The van der Waals surface area contributed by atoms with Crippen LogP contribution in [-0.4, -0.2) is 21.1 Å². The van der Waals surface area contributed by atoms with Crippen molar-refractivity contribution in [1.82, 2.24) is 15.2 Å². The van der Waals surface area contributed by atoms with Gasteiger partial charge in [0.25, 0.3) is 5.91 Å². The first-order chi connectivity index (χ1) is 8.06. The molecule has 0 bridgehead atoms. The molecule has 2 N–H and O–H groups in total. The Labute approximate surface area is 111 Å². The quantitative estimate of drug-likeness (QED) is 0.895. The number of anilines is 1. The van der Waals surface area contributed by atoms with Crippen LogP contribution in [0.15, 0.2) is 22.7 Å². The monoisotopic (exact) mass is 314 g/mol. The fraction of sp³-hybridized carbons (Fsp3) is 0.100. The molecule has 0 aliphatic carbocycles. The van der Waals surface area contributed by atoms with Crippen LogP contribution < -0.4 is 5.32 Å². The number of nitrogens with zero attached hydrogens (tertiary/aromatic N) is 2. The van der Waals surface area contributed by atoms with Gasteiger partial charge in [-0.2, -0.15) is 4.98 Å². The first-order valence-electron chi connectivity index (χ1n) is 4.71. The van der Waals surface area contributed by atoms with Crippen molar-refractivity contribution in [2.45, 2.75) is 6.92 Å². The van der Waals surface area contributed by atoms with Gasteiger partial charge in [-0.1, -0.05) is 11.6 Å². The number of amides is 1. The van der Waals surface area contributed by atoms with Gasteiger partial charge in [-0.15, -0.1) is 5.10 Å². The Balaban J connectivity index is 2.17. The highest BCUT2D eigenvalue weighted by atomic mass is 79.9. The number of hydrogen-bond acceptors (Lipinski definition) is 3. The van der Waals surface area contributed by atoms with Gasteiger partial charge in [0.15, 0.2) is 0 Å². The molecule has 1 heterocycles. The molecule has 0 saturated carbocycles. The predicted molar refractivity (Wildman–Crippen MR) is 68.2 cm³/mol. The van der Waals surface area contributed by atoms with Crippen LogP contribution in [0.25, 0.3) is 0 Å². The van der Waals surface area contributed by atoms with Crippen LogP contribution in [0.2, 0.25) is 5.02 Å². The molecule has 1 aromatic heterocycles. The number of aryl methyl sites for hydroxylation is 1. The Morgan fingerprint density at radius 2 is 2.29 bits per heavy atom. The van der Waals surface area contributed by atoms with E-state index in [0.717, 1.165) is 4.47 Å². The zero-order valence-corrected chi connectivity index (χ0v) is 11.1. The fourth-order valence-corrected chi connectivity index (χ4v) is 1.64. The number of rotatable bonds is 2. The minimum atomic E-state index is -0.307. The summed E-state index contributed by atoms with van der Waals surface area (Å²) in [5, 5.41) is 9.48. The van der Waals surface area contributed by atoms with Crippen LogP contribution in [0.1, 0.15) is 16.2 Å². The van der Waals surface area contributed by atoms with E-state index in [1.807, 2.05) is 0 Å². The van der Waals surface area contributed by atoms with Crippen molar-refractivity contribution in [1.29, 1.82) is 0 Å². The third-order valence-corrected chi connectivity index (χ3v) is 3.24. The maximum Gasteiger partial charge on any atom is 0.258 e. The Kier molecular flexibility index (Phi) is 3.44. The van der Waals surface area contributed by atoms with E-state index in [9.17, 15) is 4.79 Å². The lowest BCUT2D eigenvalue weighted by molar-refractivity contribution is 0.102. The molecule has 5 nitrogen and oxygen atoms in total. The van der Waals surface area contributed by atoms with Crippen LogP contribution >= 0.6 is 27.5 Å². The summed E-state index contributed by atoms with van der Waals surface area (Å²) in [6.45, 7) is 1.75. The van der Waals surface area contributed by atoms with Crippen LogP contribution in [-0.2, 0) is 0 Å². The number of halogens is 2. The van der Waals surface area contributed by atoms with Crippen LogP contribution in [0, 0.1) is 6.92 Å². The third kappa shape index (κ3) is 2.83. The topological polar surface area (TPSA) is 70.7 Å². The molecule has 0 fully saturated rings. The van der Waals surface area contributed by atoms with Gasteiger partial charge in [-0.25, -0.2) is 0 Å². The average Bonchev–Trinajstić information content (AvgIpc) is 2.68. The number of carbonyl (C=O) groups is 1. The molecule has 0 saturated heterocycles. The lowest BCUT2D eigenvalue weighted by Gasteiger charge is -2.02. The molecular formula is C10H8BrClN4O. The predicted octanol–water partition coefficient (Wildman–Crippen LogP) is 2.78.